The van der Waals surface area contributed by atoms with Crippen molar-refractivity contribution in [2.45, 2.75) is 18.4 Å². The number of ether oxygens (including phenoxy) is 1. The van der Waals surface area contributed by atoms with Crippen molar-refractivity contribution in [1.82, 2.24) is 4.98 Å². The van der Waals surface area contributed by atoms with E-state index in [4.69, 9.17) is 11.6 Å². The Morgan fingerprint density at radius 2 is 2.26 bits per heavy atom. The molecule has 8 heteroatoms. The summed E-state index contributed by atoms with van der Waals surface area (Å²) in [7, 11) is 1.17. The number of carbonyl (C=O) groups is 2. The van der Waals surface area contributed by atoms with Gasteiger partial charge < -0.3 is 10.1 Å². The second kappa shape index (κ2) is 6.81. The van der Waals surface area contributed by atoms with Crippen LogP contribution >= 0.6 is 27.5 Å². The van der Waals surface area contributed by atoms with Crippen LogP contribution in [0.5, 0.6) is 0 Å². The summed E-state index contributed by atoms with van der Waals surface area (Å²) in [4.78, 5) is 26.5. The Kier molecular flexibility index (Phi) is 5.68. The van der Waals surface area contributed by atoms with Gasteiger partial charge in [0, 0.05) is 19.0 Å². The van der Waals surface area contributed by atoms with Gasteiger partial charge in [-0.25, -0.2) is 14.2 Å². The van der Waals surface area contributed by atoms with Crippen LogP contribution in [0.2, 0.25) is 5.02 Å². The number of nitrogens with one attached hydrogen (secondary N) is 1. The van der Waals surface area contributed by atoms with Gasteiger partial charge in [-0.2, -0.15) is 0 Å². The number of aromatic nitrogens is 1. The lowest BCUT2D eigenvalue weighted by Crippen LogP contribution is -2.13. The van der Waals surface area contributed by atoms with Crippen LogP contribution in [-0.2, 0) is 16.0 Å². The molecular formula is C11H11BrClFN2O3. The third-order valence-electron chi connectivity index (χ3n) is 2.06. The number of rotatable bonds is 4. The standard InChI is InChI=1S/C11H11BrClFN2O3/c1-5(17)15-7-3-6(4-8(12)14)16-10(9(7)13)11(18)19-2/h3,8H,4H2,1-2H3,(H,15,16,17). The number of alkyl halides is 2. The van der Waals surface area contributed by atoms with E-state index in [-0.39, 0.29) is 34.4 Å². The number of nitrogens with zero attached hydrogens (tertiary/aromatic N) is 1. The zero-order valence-electron chi connectivity index (χ0n) is 10.2. The highest BCUT2D eigenvalue weighted by Crippen LogP contribution is 2.27. The molecule has 1 heterocycles. The van der Waals surface area contributed by atoms with Crippen molar-refractivity contribution in [2.24, 2.45) is 0 Å². The minimum Gasteiger partial charge on any atom is -0.464 e. The van der Waals surface area contributed by atoms with E-state index in [0.717, 1.165) is 0 Å². The van der Waals surface area contributed by atoms with Crippen LogP contribution in [0.25, 0.3) is 0 Å². The fourth-order valence-corrected chi connectivity index (χ4v) is 1.91. The fourth-order valence-electron chi connectivity index (χ4n) is 1.36. The Morgan fingerprint density at radius 1 is 1.63 bits per heavy atom. The van der Waals surface area contributed by atoms with Crippen molar-refractivity contribution in [3.8, 4) is 0 Å². The fraction of sp³-hybridized carbons (Fsp3) is 0.364. The molecule has 0 fully saturated rings. The minimum atomic E-state index is -1.32. The van der Waals surface area contributed by atoms with Crippen LogP contribution < -0.4 is 5.32 Å². The monoisotopic (exact) mass is 352 g/mol. The summed E-state index contributed by atoms with van der Waals surface area (Å²) in [6.07, 6.45) is -0.0756. The third-order valence-corrected chi connectivity index (χ3v) is 2.77. The van der Waals surface area contributed by atoms with E-state index in [1.165, 1.54) is 20.1 Å². The first-order chi connectivity index (χ1) is 8.85. The molecule has 1 rings (SSSR count). The Bertz CT molecular complexity index is 511. The van der Waals surface area contributed by atoms with Crippen LogP contribution in [-0.4, -0.2) is 29.1 Å². The van der Waals surface area contributed by atoms with E-state index in [1.807, 2.05) is 0 Å². The molecular weight excluding hydrogens is 342 g/mol. The first-order valence-corrected chi connectivity index (χ1v) is 6.48. The predicted molar refractivity (Wildman–Crippen MR) is 72.4 cm³/mol. The van der Waals surface area contributed by atoms with Gasteiger partial charge in [-0.05, 0) is 6.07 Å². The SMILES string of the molecule is COC(=O)c1nc(CC(F)Br)cc(NC(C)=O)c1Cl. The summed E-state index contributed by atoms with van der Waals surface area (Å²) >= 11 is 8.69. The molecule has 0 aliphatic rings. The summed E-state index contributed by atoms with van der Waals surface area (Å²) in [5.74, 6) is -1.13. The molecule has 0 aliphatic heterocycles. The number of anilines is 1. The van der Waals surface area contributed by atoms with E-state index in [1.54, 1.807) is 0 Å². The molecule has 0 spiro atoms. The van der Waals surface area contributed by atoms with Crippen LogP contribution in [0.4, 0.5) is 10.1 Å². The molecule has 0 aromatic carbocycles. The molecule has 0 saturated heterocycles. The lowest BCUT2D eigenvalue weighted by Gasteiger charge is -2.11. The van der Waals surface area contributed by atoms with Gasteiger partial charge in [-0.3, -0.25) is 4.79 Å². The second-order valence-corrected chi connectivity index (χ2v) is 4.96. The summed E-state index contributed by atoms with van der Waals surface area (Å²) in [6.45, 7) is 1.29. The van der Waals surface area contributed by atoms with E-state index in [0.29, 0.717) is 0 Å². The smallest absolute Gasteiger partial charge is 0.358 e. The average molecular weight is 354 g/mol. The predicted octanol–water partition coefficient (Wildman–Crippen LogP) is 2.71. The summed E-state index contributed by atoms with van der Waals surface area (Å²) in [6, 6.07) is 1.41. The number of carbonyl (C=O) groups excluding carboxylic acids is 2. The molecule has 5 nitrogen and oxygen atoms in total. The molecule has 1 N–H and O–H groups in total. The average Bonchev–Trinajstić information content (AvgIpc) is 2.30. The van der Waals surface area contributed by atoms with Crippen molar-refractivity contribution in [1.29, 1.82) is 0 Å². The maximum Gasteiger partial charge on any atom is 0.358 e. The van der Waals surface area contributed by atoms with Gasteiger partial charge in [-0.1, -0.05) is 27.5 Å². The van der Waals surface area contributed by atoms with Crippen molar-refractivity contribution in [2.75, 3.05) is 12.4 Å². The molecule has 1 amide bonds. The first kappa shape index (κ1) is 15.8. The van der Waals surface area contributed by atoms with Crippen LogP contribution in [0.1, 0.15) is 23.1 Å². The molecule has 1 aromatic rings. The second-order valence-electron chi connectivity index (χ2n) is 3.59. The zero-order chi connectivity index (χ0) is 14.6. The maximum atomic E-state index is 12.9. The van der Waals surface area contributed by atoms with Crippen molar-refractivity contribution < 1.29 is 18.7 Å². The molecule has 1 atom stereocenters. The number of hydrogen-bond donors (Lipinski definition) is 1. The lowest BCUT2D eigenvalue weighted by atomic mass is 10.2. The number of halogens is 3. The molecule has 0 radical (unpaired) electrons. The number of esters is 1. The summed E-state index contributed by atoms with van der Waals surface area (Å²) < 4.78 is 17.5. The van der Waals surface area contributed by atoms with Crippen molar-refractivity contribution in [3.05, 3.63) is 22.5 Å². The third kappa shape index (κ3) is 4.43. The highest BCUT2D eigenvalue weighted by molar-refractivity contribution is 9.09. The van der Waals surface area contributed by atoms with Crippen LogP contribution in [0.3, 0.4) is 0 Å². The molecule has 0 bridgehead atoms. The topological polar surface area (TPSA) is 68.3 Å². The summed E-state index contributed by atoms with van der Waals surface area (Å²) in [5.41, 5.74) is 0.282. The van der Waals surface area contributed by atoms with Crippen LogP contribution in [0, 0.1) is 0 Å². The van der Waals surface area contributed by atoms with Crippen molar-refractivity contribution in [3.63, 3.8) is 0 Å². The number of amides is 1. The Balaban J connectivity index is 3.29. The highest BCUT2D eigenvalue weighted by Gasteiger charge is 2.19. The van der Waals surface area contributed by atoms with Gasteiger partial charge >= 0.3 is 5.97 Å². The quantitative estimate of drug-likeness (QED) is 0.667. The molecule has 19 heavy (non-hydrogen) atoms. The molecule has 104 valence electrons. The highest BCUT2D eigenvalue weighted by atomic mass is 79.9. The van der Waals surface area contributed by atoms with Crippen LogP contribution in [0.15, 0.2) is 6.07 Å². The van der Waals surface area contributed by atoms with Gasteiger partial charge in [0.05, 0.1) is 17.8 Å². The molecule has 1 aromatic heterocycles. The largest absolute Gasteiger partial charge is 0.464 e. The van der Waals surface area contributed by atoms with Crippen molar-refractivity contribution >= 4 is 45.1 Å². The number of hydrogen-bond acceptors (Lipinski definition) is 4. The van der Waals surface area contributed by atoms with Gasteiger partial charge in [0.15, 0.2) is 10.8 Å². The van der Waals surface area contributed by atoms with Gasteiger partial charge in [0.1, 0.15) is 0 Å². The minimum absolute atomic E-state index is 0.0456. The summed E-state index contributed by atoms with van der Waals surface area (Å²) in [5, 5.41) is 1.08. The van der Waals surface area contributed by atoms with Gasteiger partial charge in [0.2, 0.25) is 5.91 Å². The Morgan fingerprint density at radius 3 is 2.74 bits per heavy atom. The number of pyridine rings is 1. The first-order valence-electron chi connectivity index (χ1n) is 5.18. The van der Waals surface area contributed by atoms with E-state index >= 15 is 0 Å². The number of methoxy groups -OCH3 is 1. The zero-order valence-corrected chi connectivity index (χ0v) is 12.5. The Hall–Kier alpha value is -1.21. The normalized spacial score (nSPS) is 11.8. The Labute approximate surface area is 122 Å². The molecule has 1 unspecified atom stereocenters. The maximum absolute atomic E-state index is 12.9. The molecule has 0 saturated carbocycles. The lowest BCUT2D eigenvalue weighted by molar-refractivity contribution is -0.114. The van der Waals surface area contributed by atoms with Gasteiger partial charge in [-0.15, -0.1) is 0 Å². The van der Waals surface area contributed by atoms with E-state index in [2.05, 4.69) is 31.0 Å². The molecule has 0 aliphatic carbocycles. The van der Waals surface area contributed by atoms with E-state index < -0.39 is 11.1 Å². The van der Waals surface area contributed by atoms with Gasteiger partial charge in [0.25, 0.3) is 0 Å². The van der Waals surface area contributed by atoms with E-state index in [9.17, 15) is 14.0 Å².